The maximum absolute atomic E-state index is 11.7. The number of thiazole rings is 1. The molecule has 0 aliphatic heterocycles. The molecule has 1 heterocycles. The Balaban J connectivity index is 2.39. The van der Waals surface area contributed by atoms with Crippen LogP contribution in [0.5, 0.6) is 0 Å². The summed E-state index contributed by atoms with van der Waals surface area (Å²) < 4.78 is 26.5. The minimum atomic E-state index is -3.45. The zero-order valence-corrected chi connectivity index (χ0v) is 11.9. The van der Waals surface area contributed by atoms with Crippen LogP contribution in [0.15, 0.2) is 43.9 Å². The molecule has 0 radical (unpaired) electrons. The van der Waals surface area contributed by atoms with Gasteiger partial charge in [0.25, 0.3) is 0 Å². The van der Waals surface area contributed by atoms with Gasteiger partial charge in [0.1, 0.15) is 0 Å². The molecule has 0 amide bonds. The van der Waals surface area contributed by atoms with Crippen LogP contribution in [-0.4, -0.2) is 20.4 Å². The molecule has 0 saturated heterocycles. The molecule has 18 heavy (non-hydrogen) atoms. The minimum Gasteiger partial charge on any atom is -0.398 e. The summed E-state index contributed by atoms with van der Waals surface area (Å²) in [5.41, 5.74) is 6.36. The topological polar surface area (TPSA) is 85.1 Å². The van der Waals surface area contributed by atoms with Gasteiger partial charge in [-0.25, -0.2) is 18.1 Å². The largest absolute Gasteiger partial charge is 0.398 e. The van der Waals surface area contributed by atoms with Gasteiger partial charge < -0.3 is 5.73 Å². The Morgan fingerprint density at radius 1 is 1.44 bits per heavy atom. The average Bonchev–Trinajstić information content (AvgIpc) is 2.84. The van der Waals surface area contributed by atoms with E-state index >= 15 is 0 Å². The lowest BCUT2D eigenvalue weighted by Crippen LogP contribution is -2.18. The Bertz CT molecular complexity index is 638. The van der Waals surface area contributed by atoms with Crippen molar-refractivity contribution >= 4 is 38.8 Å². The number of rotatable bonds is 4. The van der Waals surface area contributed by atoms with Gasteiger partial charge in [0.2, 0.25) is 10.0 Å². The molecule has 0 atom stereocenters. The molecule has 5 nitrogen and oxygen atoms in total. The van der Waals surface area contributed by atoms with E-state index in [2.05, 4.69) is 9.71 Å². The summed E-state index contributed by atoms with van der Waals surface area (Å²) in [5, 5.41) is 1.85. The normalized spacial score (nSPS) is 11.6. The van der Waals surface area contributed by atoms with Gasteiger partial charge in [-0.1, -0.05) is 11.8 Å². The number of nitrogens with two attached hydrogens (primary N) is 1. The van der Waals surface area contributed by atoms with Crippen LogP contribution in [0.1, 0.15) is 0 Å². The highest BCUT2D eigenvalue weighted by molar-refractivity contribution is 8.01. The Hall–Kier alpha value is -1.09. The molecule has 2 aromatic rings. The third kappa shape index (κ3) is 2.83. The monoisotopic (exact) mass is 301 g/mol. The lowest BCUT2D eigenvalue weighted by Gasteiger charge is -2.07. The fourth-order valence-electron chi connectivity index (χ4n) is 1.24. The number of sulfonamides is 1. The summed E-state index contributed by atoms with van der Waals surface area (Å²) in [4.78, 5) is 5.00. The first kappa shape index (κ1) is 13.3. The van der Waals surface area contributed by atoms with Crippen molar-refractivity contribution in [1.82, 2.24) is 9.71 Å². The molecular formula is C10H11N3O2S3. The van der Waals surface area contributed by atoms with E-state index in [-0.39, 0.29) is 4.90 Å². The van der Waals surface area contributed by atoms with Crippen LogP contribution < -0.4 is 10.5 Å². The number of benzene rings is 1. The van der Waals surface area contributed by atoms with Gasteiger partial charge >= 0.3 is 0 Å². The number of nitrogens with one attached hydrogen (secondary N) is 1. The second kappa shape index (κ2) is 5.27. The maximum Gasteiger partial charge on any atom is 0.240 e. The molecule has 0 spiro atoms. The number of aromatic nitrogens is 1. The van der Waals surface area contributed by atoms with Gasteiger partial charge in [-0.3, -0.25) is 0 Å². The van der Waals surface area contributed by atoms with Gasteiger partial charge in [0.15, 0.2) is 4.34 Å². The van der Waals surface area contributed by atoms with Crippen LogP contribution in [0.3, 0.4) is 0 Å². The van der Waals surface area contributed by atoms with Crippen LogP contribution in [0.25, 0.3) is 0 Å². The number of anilines is 1. The van der Waals surface area contributed by atoms with E-state index < -0.39 is 10.0 Å². The van der Waals surface area contributed by atoms with E-state index in [4.69, 9.17) is 5.73 Å². The van der Waals surface area contributed by atoms with Gasteiger partial charge in [-0.05, 0) is 25.2 Å². The lowest BCUT2D eigenvalue weighted by atomic mass is 10.3. The number of hydrogen-bond acceptors (Lipinski definition) is 6. The molecule has 0 unspecified atom stereocenters. The van der Waals surface area contributed by atoms with Crippen LogP contribution in [0, 0.1) is 0 Å². The standard InChI is InChI=1S/C10H11N3O2S3/c1-12-18(14,15)7-2-3-8(11)9(6-7)17-10-13-4-5-16-10/h2-6,12H,11H2,1H3. The van der Waals surface area contributed by atoms with Crippen molar-refractivity contribution in [3.05, 3.63) is 29.8 Å². The van der Waals surface area contributed by atoms with E-state index in [0.29, 0.717) is 10.6 Å². The quantitative estimate of drug-likeness (QED) is 0.841. The Morgan fingerprint density at radius 3 is 2.83 bits per heavy atom. The van der Waals surface area contributed by atoms with Gasteiger partial charge in [-0.2, -0.15) is 0 Å². The van der Waals surface area contributed by atoms with E-state index in [1.807, 2.05) is 5.38 Å². The zero-order valence-electron chi connectivity index (χ0n) is 9.45. The average molecular weight is 301 g/mol. The van der Waals surface area contributed by atoms with E-state index in [1.165, 1.54) is 36.2 Å². The summed E-state index contributed by atoms with van der Waals surface area (Å²) in [5.74, 6) is 0. The highest BCUT2D eigenvalue weighted by Crippen LogP contribution is 2.34. The first-order valence-electron chi connectivity index (χ1n) is 4.93. The first-order chi connectivity index (χ1) is 8.53. The predicted molar refractivity (Wildman–Crippen MR) is 73.3 cm³/mol. The predicted octanol–water partition coefficient (Wildman–Crippen LogP) is 1.78. The van der Waals surface area contributed by atoms with E-state index in [0.717, 1.165) is 4.34 Å². The smallest absolute Gasteiger partial charge is 0.240 e. The van der Waals surface area contributed by atoms with Gasteiger partial charge in [0, 0.05) is 22.2 Å². The number of nitrogen functional groups attached to an aromatic ring is 1. The van der Waals surface area contributed by atoms with Crippen molar-refractivity contribution < 1.29 is 8.42 Å². The fraction of sp³-hybridized carbons (Fsp3) is 0.100. The zero-order chi connectivity index (χ0) is 13.2. The molecule has 0 aliphatic rings. The van der Waals surface area contributed by atoms with Crippen molar-refractivity contribution in [2.24, 2.45) is 0 Å². The molecule has 2 rings (SSSR count). The number of nitrogens with zero attached hydrogens (tertiary/aromatic N) is 1. The summed E-state index contributed by atoms with van der Waals surface area (Å²) in [6.45, 7) is 0. The van der Waals surface area contributed by atoms with Crippen molar-refractivity contribution in [1.29, 1.82) is 0 Å². The van der Waals surface area contributed by atoms with Crippen LogP contribution in [0.4, 0.5) is 5.69 Å². The lowest BCUT2D eigenvalue weighted by molar-refractivity contribution is 0.588. The van der Waals surface area contributed by atoms with E-state index in [9.17, 15) is 8.42 Å². The second-order valence-electron chi connectivity index (χ2n) is 3.31. The fourth-order valence-corrected chi connectivity index (χ4v) is 3.74. The van der Waals surface area contributed by atoms with Gasteiger partial charge in [0.05, 0.1) is 4.90 Å². The Labute approximate surface area is 113 Å². The molecule has 1 aromatic heterocycles. The SMILES string of the molecule is CNS(=O)(=O)c1ccc(N)c(Sc2nccs2)c1. The Morgan fingerprint density at radius 2 is 2.22 bits per heavy atom. The maximum atomic E-state index is 11.7. The molecule has 3 N–H and O–H groups in total. The molecule has 0 fully saturated rings. The molecular weight excluding hydrogens is 290 g/mol. The number of hydrogen-bond donors (Lipinski definition) is 2. The molecule has 8 heteroatoms. The minimum absolute atomic E-state index is 0.193. The summed E-state index contributed by atoms with van der Waals surface area (Å²) >= 11 is 2.83. The summed E-state index contributed by atoms with van der Waals surface area (Å²) in [6.07, 6.45) is 1.69. The van der Waals surface area contributed by atoms with Crippen molar-refractivity contribution in [2.45, 2.75) is 14.1 Å². The molecule has 0 bridgehead atoms. The van der Waals surface area contributed by atoms with Crippen molar-refractivity contribution in [3.63, 3.8) is 0 Å². The van der Waals surface area contributed by atoms with Crippen molar-refractivity contribution in [2.75, 3.05) is 12.8 Å². The highest BCUT2D eigenvalue weighted by Gasteiger charge is 2.14. The van der Waals surface area contributed by atoms with E-state index in [1.54, 1.807) is 18.3 Å². The molecule has 1 aromatic carbocycles. The first-order valence-corrected chi connectivity index (χ1v) is 8.11. The summed E-state index contributed by atoms with van der Waals surface area (Å²) in [6, 6.07) is 4.61. The second-order valence-corrected chi connectivity index (χ2v) is 7.38. The molecule has 0 aliphatic carbocycles. The van der Waals surface area contributed by atoms with Crippen LogP contribution in [0.2, 0.25) is 0 Å². The van der Waals surface area contributed by atoms with Crippen LogP contribution >= 0.6 is 23.1 Å². The highest BCUT2D eigenvalue weighted by atomic mass is 32.2. The molecule has 0 saturated carbocycles. The third-order valence-corrected chi connectivity index (χ3v) is 5.54. The summed E-state index contributed by atoms with van der Waals surface area (Å²) in [7, 11) is -2.08. The Kier molecular flexibility index (Phi) is 3.91. The van der Waals surface area contributed by atoms with Gasteiger partial charge in [-0.15, -0.1) is 11.3 Å². The van der Waals surface area contributed by atoms with Crippen molar-refractivity contribution in [3.8, 4) is 0 Å². The molecule has 96 valence electrons. The van der Waals surface area contributed by atoms with Crippen LogP contribution in [-0.2, 0) is 10.0 Å². The third-order valence-electron chi connectivity index (χ3n) is 2.17.